The summed E-state index contributed by atoms with van der Waals surface area (Å²) in [6.07, 6.45) is 0.358. The zero-order valence-electron chi connectivity index (χ0n) is 13.0. The molecule has 3 heterocycles. The molecule has 0 radical (unpaired) electrons. The monoisotopic (exact) mass is 297 g/mol. The number of para-hydroxylation sites is 1. The molecule has 22 heavy (non-hydrogen) atoms. The topological polar surface area (TPSA) is 51.4 Å². The summed E-state index contributed by atoms with van der Waals surface area (Å²) < 4.78 is 11.9. The van der Waals surface area contributed by atoms with Gasteiger partial charge < -0.3 is 14.1 Å². The van der Waals surface area contributed by atoms with Gasteiger partial charge in [-0.3, -0.25) is 0 Å². The lowest BCUT2D eigenvalue weighted by atomic mass is 10.2. The van der Waals surface area contributed by atoms with E-state index in [-0.39, 0.29) is 12.2 Å². The third kappa shape index (κ3) is 2.13. The maximum atomic E-state index is 6.05. The second kappa shape index (κ2) is 4.95. The van der Waals surface area contributed by atoms with Crippen molar-refractivity contribution in [3.8, 4) is 0 Å². The Morgan fingerprint density at radius 2 is 1.82 bits per heavy atom. The first-order valence-electron chi connectivity index (χ1n) is 7.68. The molecule has 114 valence electrons. The molecular weight excluding hydrogens is 278 g/mol. The number of hydrogen-bond donors (Lipinski definition) is 0. The van der Waals surface area contributed by atoms with Crippen LogP contribution in [0.2, 0.25) is 0 Å². The second-order valence-corrected chi connectivity index (χ2v) is 6.03. The number of fused-ring (bicyclic) bond motifs is 3. The molecule has 2 unspecified atom stereocenters. The number of nitrogens with zero attached hydrogens (tertiary/aromatic N) is 3. The van der Waals surface area contributed by atoms with Crippen molar-refractivity contribution in [1.82, 2.24) is 9.97 Å². The molecule has 2 aromatic heterocycles. The van der Waals surface area contributed by atoms with Crippen molar-refractivity contribution in [2.45, 2.75) is 33.0 Å². The Morgan fingerprint density at radius 1 is 1.09 bits per heavy atom. The lowest BCUT2D eigenvalue weighted by molar-refractivity contribution is -0.00542. The van der Waals surface area contributed by atoms with Gasteiger partial charge in [0.2, 0.25) is 0 Å². The first kappa shape index (κ1) is 13.5. The average molecular weight is 297 g/mol. The van der Waals surface area contributed by atoms with Gasteiger partial charge >= 0.3 is 0 Å². The van der Waals surface area contributed by atoms with Crippen molar-refractivity contribution in [2.75, 3.05) is 18.0 Å². The molecule has 4 rings (SSSR count). The van der Waals surface area contributed by atoms with E-state index in [0.29, 0.717) is 0 Å². The van der Waals surface area contributed by atoms with Gasteiger partial charge in [-0.2, -0.15) is 0 Å². The molecule has 1 aliphatic rings. The van der Waals surface area contributed by atoms with E-state index in [0.717, 1.165) is 46.8 Å². The minimum atomic E-state index is 0.179. The first-order chi connectivity index (χ1) is 10.6. The highest BCUT2D eigenvalue weighted by Crippen LogP contribution is 2.33. The standard InChI is InChI=1S/C17H19N3O2/c1-10-8-20(9-11(2)21-10)17-16-15(18-12(3)19-17)13-6-4-5-7-14(13)22-16/h4-7,10-11H,8-9H2,1-3H3. The molecule has 3 aromatic rings. The molecule has 0 spiro atoms. The zero-order valence-corrected chi connectivity index (χ0v) is 13.0. The third-order valence-corrected chi connectivity index (χ3v) is 4.03. The van der Waals surface area contributed by atoms with E-state index in [2.05, 4.69) is 28.7 Å². The van der Waals surface area contributed by atoms with E-state index in [1.807, 2.05) is 31.2 Å². The number of rotatable bonds is 1. The third-order valence-electron chi connectivity index (χ3n) is 4.03. The van der Waals surface area contributed by atoms with Crippen molar-refractivity contribution in [3.63, 3.8) is 0 Å². The van der Waals surface area contributed by atoms with E-state index in [1.165, 1.54) is 0 Å². The molecule has 0 saturated carbocycles. The molecule has 1 aromatic carbocycles. The highest BCUT2D eigenvalue weighted by atomic mass is 16.5. The van der Waals surface area contributed by atoms with Crippen LogP contribution < -0.4 is 4.90 Å². The van der Waals surface area contributed by atoms with Gasteiger partial charge in [-0.1, -0.05) is 12.1 Å². The number of morpholine rings is 1. The lowest BCUT2D eigenvalue weighted by Crippen LogP contribution is -2.46. The molecule has 0 bridgehead atoms. The minimum absolute atomic E-state index is 0.179. The average Bonchev–Trinajstić information content (AvgIpc) is 2.84. The number of anilines is 1. The van der Waals surface area contributed by atoms with Crippen molar-refractivity contribution in [3.05, 3.63) is 30.1 Å². The SMILES string of the molecule is Cc1nc(N2CC(C)OC(C)C2)c2oc3ccccc3c2n1. The summed E-state index contributed by atoms with van der Waals surface area (Å²) in [5.74, 6) is 1.64. The molecule has 5 heteroatoms. The number of furan rings is 1. The normalized spacial score (nSPS) is 22.6. The van der Waals surface area contributed by atoms with E-state index in [4.69, 9.17) is 9.15 Å². The molecule has 0 N–H and O–H groups in total. The van der Waals surface area contributed by atoms with Gasteiger partial charge in [0, 0.05) is 18.5 Å². The van der Waals surface area contributed by atoms with E-state index in [1.54, 1.807) is 0 Å². The molecular formula is C17H19N3O2. The number of aromatic nitrogens is 2. The fourth-order valence-corrected chi connectivity index (χ4v) is 3.25. The summed E-state index contributed by atoms with van der Waals surface area (Å²) in [5, 5.41) is 1.04. The van der Waals surface area contributed by atoms with Crippen LogP contribution in [0.4, 0.5) is 5.82 Å². The molecule has 2 atom stereocenters. The van der Waals surface area contributed by atoms with Gasteiger partial charge in [-0.25, -0.2) is 9.97 Å². The summed E-state index contributed by atoms with van der Waals surface area (Å²) in [4.78, 5) is 11.5. The molecule has 0 amide bonds. The predicted molar refractivity (Wildman–Crippen MR) is 86.3 cm³/mol. The van der Waals surface area contributed by atoms with Crippen LogP contribution in [0.25, 0.3) is 22.1 Å². The first-order valence-corrected chi connectivity index (χ1v) is 7.68. The summed E-state index contributed by atoms with van der Waals surface area (Å²) in [6, 6.07) is 8.00. The van der Waals surface area contributed by atoms with Crippen LogP contribution in [0.1, 0.15) is 19.7 Å². The summed E-state index contributed by atoms with van der Waals surface area (Å²) in [7, 11) is 0. The smallest absolute Gasteiger partial charge is 0.196 e. The highest BCUT2D eigenvalue weighted by Gasteiger charge is 2.26. The van der Waals surface area contributed by atoms with Crippen LogP contribution in [-0.4, -0.2) is 35.3 Å². The molecule has 1 fully saturated rings. The maximum absolute atomic E-state index is 6.05. The van der Waals surface area contributed by atoms with Crippen molar-refractivity contribution in [2.24, 2.45) is 0 Å². The summed E-state index contributed by atoms with van der Waals surface area (Å²) >= 11 is 0. The number of benzene rings is 1. The van der Waals surface area contributed by atoms with Crippen LogP contribution in [0, 0.1) is 6.92 Å². The Kier molecular flexibility index (Phi) is 3.04. The quantitative estimate of drug-likeness (QED) is 0.690. The predicted octanol–water partition coefficient (Wildman–Crippen LogP) is 3.30. The maximum Gasteiger partial charge on any atom is 0.196 e. The lowest BCUT2D eigenvalue weighted by Gasteiger charge is -2.35. The van der Waals surface area contributed by atoms with Gasteiger partial charge in [-0.15, -0.1) is 0 Å². The summed E-state index contributed by atoms with van der Waals surface area (Å²) in [6.45, 7) is 7.73. The van der Waals surface area contributed by atoms with Gasteiger partial charge in [-0.05, 0) is 32.9 Å². The number of ether oxygens (including phenoxy) is 1. The Labute approximate surface area is 128 Å². The molecule has 5 nitrogen and oxygen atoms in total. The van der Waals surface area contributed by atoms with Gasteiger partial charge in [0.15, 0.2) is 11.4 Å². The second-order valence-electron chi connectivity index (χ2n) is 6.03. The van der Waals surface area contributed by atoms with Gasteiger partial charge in [0.05, 0.1) is 12.2 Å². The van der Waals surface area contributed by atoms with E-state index in [9.17, 15) is 0 Å². The van der Waals surface area contributed by atoms with Gasteiger partial charge in [0.25, 0.3) is 0 Å². The van der Waals surface area contributed by atoms with E-state index >= 15 is 0 Å². The Hall–Kier alpha value is -2.14. The Bertz CT molecular complexity index is 832. The zero-order chi connectivity index (χ0) is 15.3. The largest absolute Gasteiger partial charge is 0.450 e. The van der Waals surface area contributed by atoms with Gasteiger partial charge in [0.1, 0.15) is 16.9 Å². The minimum Gasteiger partial charge on any atom is -0.450 e. The molecule has 1 aliphatic heterocycles. The van der Waals surface area contributed by atoms with Crippen molar-refractivity contribution in [1.29, 1.82) is 0 Å². The van der Waals surface area contributed by atoms with Crippen LogP contribution in [0.3, 0.4) is 0 Å². The Morgan fingerprint density at radius 3 is 2.59 bits per heavy atom. The molecule has 1 saturated heterocycles. The van der Waals surface area contributed by atoms with Crippen LogP contribution in [-0.2, 0) is 4.74 Å². The Balaban J connectivity index is 1.93. The summed E-state index contributed by atoms with van der Waals surface area (Å²) in [5.41, 5.74) is 2.52. The fraction of sp³-hybridized carbons (Fsp3) is 0.412. The fourth-order valence-electron chi connectivity index (χ4n) is 3.25. The van der Waals surface area contributed by atoms with Crippen LogP contribution in [0.5, 0.6) is 0 Å². The molecule has 0 aliphatic carbocycles. The van der Waals surface area contributed by atoms with E-state index < -0.39 is 0 Å². The highest BCUT2D eigenvalue weighted by molar-refractivity contribution is 6.05. The van der Waals surface area contributed by atoms with Crippen LogP contribution >= 0.6 is 0 Å². The number of aryl methyl sites for hydroxylation is 1. The number of hydrogen-bond acceptors (Lipinski definition) is 5. The van der Waals surface area contributed by atoms with Crippen molar-refractivity contribution >= 4 is 27.9 Å². The van der Waals surface area contributed by atoms with Crippen LogP contribution in [0.15, 0.2) is 28.7 Å². The van der Waals surface area contributed by atoms with Crippen molar-refractivity contribution < 1.29 is 9.15 Å².